The van der Waals surface area contributed by atoms with Crippen molar-refractivity contribution in [2.75, 3.05) is 0 Å². The summed E-state index contributed by atoms with van der Waals surface area (Å²) in [5.74, 6) is 1.70. The minimum atomic E-state index is 0.126. The van der Waals surface area contributed by atoms with Gasteiger partial charge < -0.3 is 0 Å². The second-order valence-electron chi connectivity index (χ2n) is 3.73. The van der Waals surface area contributed by atoms with Crippen molar-refractivity contribution in [1.29, 1.82) is 0 Å². The highest BCUT2D eigenvalue weighted by atomic mass is 32.1. The molecule has 1 saturated carbocycles. The van der Waals surface area contributed by atoms with E-state index in [-0.39, 0.29) is 4.75 Å². The normalized spacial score (nSPS) is 24.0. The van der Waals surface area contributed by atoms with Gasteiger partial charge >= 0.3 is 0 Å². The first-order valence-corrected chi connectivity index (χ1v) is 4.13. The van der Waals surface area contributed by atoms with Gasteiger partial charge in [-0.15, -0.1) is 0 Å². The van der Waals surface area contributed by atoms with E-state index < -0.39 is 0 Å². The molecule has 0 spiro atoms. The molecule has 1 fully saturated rings. The molecule has 0 aliphatic heterocycles. The summed E-state index contributed by atoms with van der Waals surface area (Å²) in [7, 11) is 0. The van der Waals surface area contributed by atoms with Crippen LogP contribution >= 0.6 is 12.6 Å². The van der Waals surface area contributed by atoms with Crippen molar-refractivity contribution in [3.05, 3.63) is 0 Å². The molecule has 1 atom stereocenters. The van der Waals surface area contributed by atoms with Crippen molar-refractivity contribution in [1.82, 2.24) is 0 Å². The summed E-state index contributed by atoms with van der Waals surface area (Å²) in [6.07, 6.45) is 2.84. The SMILES string of the molecule is CC(C1CC1)C(C)(C)[S]. The molecule has 9 heavy (non-hydrogen) atoms. The molecule has 1 aliphatic rings. The molecule has 1 radical (unpaired) electrons. The Morgan fingerprint density at radius 3 is 2.00 bits per heavy atom. The zero-order valence-corrected chi connectivity index (χ0v) is 7.29. The smallest absolute Gasteiger partial charge is 0.0235 e. The molecule has 0 N–H and O–H groups in total. The third-order valence-corrected chi connectivity index (χ3v) is 2.80. The summed E-state index contributed by atoms with van der Waals surface area (Å²) >= 11 is 5.32. The molecule has 0 amide bonds. The second-order valence-corrected chi connectivity index (χ2v) is 4.78. The third kappa shape index (κ3) is 1.89. The van der Waals surface area contributed by atoms with E-state index in [0.29, 0.717) is 0 Å². The molecule has 1 heteroatoms. The van der Waals surface area contributed by atoms with Crippen LogP contribution in [0.3, 0.4) is 0 Å². The van der Waals surface area contributed by atoms with Gasteiger partial charge in [0.1, 0.15) is 0 Å². The fourth-order valence-corrected chi connectivity index (χ4v) is 1.36. The quantitative estimate of drug-likeness (QED) is 0.557. The maximum atomic E-state index is 5.32. The fourth-order valence-electron chi connectivity index (χ4n) is 1.16. The van der Waals surface area contributed by atoms with Crippen LogP contribution in [0.25, 0.3) is 0 Å². The van der Waals surface area contributed by atoms with E-state index in [0.717, 1.165) is 11.8 Å². The van der Waals surface area contributed by atoms with Crippen molar-refractivity contribution in [2.24, 2.45) is 11.8 Å². The van der Waals surface area contributed by atoms with Gasteiger partial charge in [0.05, 0.1) is 0 Å². The van der Waals surface area contributed by atoms with Crippen LogP contribution in [0, 0.1) is 11.8 Å². The summed E-state index contributed by atoms with van der Waals surface area (Å²) in [6, 6.07) is 0. The average Bonchev–Trinajstić information content (AvgIpc) is 2.40. The highest BCUT2D eigenvalue weighted by molar-refractivity contribution is 7.81. The first-order chi connectivity index (χ1) is 4.02. The van der Waals surface area contributed by atoms with E-state index in [4.69, 9.17) is 12.6 Å². The molecule has 0 heterocycles. The van der Waals surface area contributed by atoms with Crippen LogP contribution in [-0.2, 0) is 0 Å². The number of hydrogen-bond acceptors (Lipinski definition) is 0. The first-order valence-electron chi connectivity index (χ1n) is 3.72. The molecular weight excluding hydrogens is 128 g/mol. The maximum Gasteiger partial charge on any atom is 0.0235 e. The zero-order valence-electron chi connectivity index (χ0n) is 6.48. The van der Waals surface area contributed by atoms with Gasteiger partial charge in [-0.2, -0.15) is 0 Å². The van der Waals surface area contributed by atoms with Crippen LogP contribution in [0.1, 0.15) is 33.6 Å². The molecule has 0 nitrogen and oxygen atoms in total. The Balaban J connectivity index is 2.40. The molecule has 53 valence electrons. The minimum absolute atomic E-state index is 0.126. The minimum Gasteiger partial charge on any atom is -0.0870 e. The Kier molecular flexibility index (Phi) is 1.81. The van der Waals surface area contributed by atoms with E-state index in [1.807, 2.05) is 0 Å². The second kappa shape index (κ2) is 2.19. The van der Waals surface area contributed by atoms with Crippen LogP contribution in [0.2, 0.25) is 0 Å². The lowest BCUT2D eigenvalue weighted by atomic mass is 9.92. The topological polar surface area (TPSA) is 0 Å². The van der Waals surface area contributed by atoms with Crippen molar-refractivity contribution >= 4 is 12.6 Å². The summed E-state index contributed by atoms with van der Waals surface area (Å²) in [5, 5.41) is 0. The largest absolute Gasteiger partial charge is 0.0870 e. The van der Waals surface area contributed by atoms with Gasteiger partial charge in [-0.25, -0.2) is 0 Å². The van der Waals surface area contributed by atoms with Crippen molar-refractivity contribution in [3.8, 4) is 0 Å². The van der Waals surface area contributed by atoms with Gasteiger partial charge in [0.15, 0.2) is 0 Å². The molecule has 0 aromatic rings. The number of hydrogen-bond donors (Lipinski definition) is 0. The van der Waals surface area contributed by atoms with E-state index in [1.165, 1.54) is 12.8 Å². The highest BCUT2D eigenvalue weighted by Crippen LogP contribution is 2.43. The molecular formula is C8H15S. The lowest BCUT2D eigenvalue weighted by Gasteiger charge is -2.24. The molecule has 1 rings (SSSR count). The van der Waals surface area contributed by atoms with Crippen molar-refractivity contribution in [3.63, 3.8) is 0 Å². The van der Waals surface area contributed by atoms with Gasteiger partial charge in [0.25, 0.3) is 0 Å². The van der Waals surface area contributed by atoms with Gasteiger partial charge in [-0.05, 0) is 38.5 Å². The van der Waals surface area contributed by atoms with Gasteiger partial charge in [0.2, 0.25) is 0 Å². The average molecular weight is 143 g/mol. The van der Waals surface area contributed by atoms with E-state index in [2.05, 4.69) is 20.8 Å². The van der Waals surface area contributed by atoms with Crippen LogP contribution in [0.5, 0.6) is 0 Å². The van der Waals surface area contributed by atoms with E-state index in [9.17, 15) is 0 Å². The fraction of sp³-hybridized carbons (Fsp3) is 1.00. The van der Waals surface area contributed by atoms with Crippen molar-refractivity contribution in [2.45, 2.75) is 38.4 Å². The standard InChI is InChI=1S/C8H15S/c1-6(7-4-5-7)8(2,3)9/h6-7H,4-5H2,1-3H3. The van der Waals surface area contributed by atoms with Crippen LogP contribution in [-0.4, -0.2) is 4.75 Å². The maximum absolute atomic E-state index is 5.32. The Morgan fingerprint density at radius 2 is 1.89 bits per heavy atom. The predicted molar refractivity (Wildman–Crippen MR) is 43.6 cm³/mol. The Morgan fingerprint density at radius 1 is 1.44 bits per heavy atom. The zero-order chi connectivity index (χ0) is 7.07. The molecule has 0 aromatic heterocycles. The van der Waals surface area contributed by atoms with Gasteiger partial charge in [0, 0.05) is 4.75 Å². The Hall–Kier alpha value is 0.350. The summed E-state index contributed by atoms with van der Waals surface area (Å²) < 4.78 is 0.126. The van der Waals surface area contributed by atoms with Crippen molar-refractivity contribution < 1.29 is 0 Å². The molecule has 0 bridgehead atoms. The summed E-state index contributed by atoms with van der Waals surface area (Å²) in [4.78, 5) is 0. The molecule has 0 aromatic carbocycles. The Labute approximate surface area is 63.4 Å². The van der Waals surface area contributed by atoms with Crippen LogP contribution < -0.4 is 0 Å². The molecule has 0 saturated heterocycles. The lowest BCUT2D eigenvalue weighted by molar-refractivity contribution is 0.412. The Bertz CT molecular complexity index is 97.6. The molecule has 1 aliphatic carbocycles. The van der Waals surface area contributed by atoms with E-state index in [1.54, 1.807) is 0 Å². The highest BCUT2D eigenvalue weighted by Gasteiger charge is 2.36. The first kappa shape index (κ1) is 7.46. The van der Waals surface area contributed by atoms with Crippen LogP contribution in [0.15, 0.2) is 0 Å². The lowest BCUT2D eigenvalue weighted by Crippen LogP contribution is -2.23. The summed E-state index contributed by atoms with van der Waals surface area (Å²) in [5.41, 5.74) is 0. The third-order valence-electron chi connectivity index (χ3n) is 2.43. The van der Waals surface area contributed by atoms with Gasteiger partial charge in [-0.3, -0.25) is 0 Å². The molecule has 1 unspecified atom stereocenters. The summed E-state index contributed by atoms with van der Waals surface area (Å²) in [6.45, 7) is 6.60. The number of rotatable bonds is 2. The van der Waals surface area contributed by atoms with E-state index >= 15 is 0 Å². The monoisotopic (exact) mass is 143 g/mol. The van der Waals surface area contributed by atoms with Crippen LogP contribution in [0.4, 0.5) is 0 Å². The van der Waals surface area contributed by atoms with Gasteiger partial charge in [-0.1, -0.05) is 19.6 Å². The predicted octanol–water partition coefficient (Wildman–Crippen LogP) is 3.01.